The Hall–Kier alpha value is 0.210. The van der Waals surface area contributed by atoms with Gasteiger partial charge in [-0.1, -0.05) is 0 Å². The van der Waals surface area contributed by atoms with Gasteiger partial charge in [-0.25, -0.2) is 0 Å². The predicted molar refractivity (Wildman–Crippen MR) is 37.0 cm³/mol. The second kappa shape index (κ2) is 5.35. The molecule has 8 heavy (non-hydrogen) atoms. The first kappa shape index (κ1) is 8.21. The highest BCUT2D eigenvalue weighted by atomic mass is 35.5. The maximum Gasteiger partial charge on any atom is 0.0236 e. The number of nitrogens with zero attached hydrogens (tertiary/aromatic N) is 1. The fraction of sp³-hybridized carbons (Fsp3) is 1.00. The Morgan fingerprint density at radius 2 is 2.12 bits per heavy atom. The summed E-state index contributed by atoms with van der Waals surface area (Å²) in [6.07, 6.45) is 1.03. The number of rotatable bonds is 4. The van der Waals surface area contributed by atoms with Crippen molar-refractivity contribution >= 4 is 11.6 Å². The highest BCUT2D eigenvalue weighted by molar-refractivity contribution is 6.17. The molecule has 0 radical (unpaired) electrons. The van der Waals surface area contributed by atoms with Crippen LogP contribution < -0.4 is 5.43 Å². The SMILES string of the molecule is CN(C)NCCCCl. The highest BCUT2D eigenvalue weighted by Gasteiger charge is 1.84. The maximum absolute atomic E-state index is 5.43. The third-order valence-corrected chi connectivity index (χ3v) is 1.01. The summed E-state index contributed by atoms with van der Waals surface area (Å²) < 4.78 is 0. The van der Waals surface area contributed by atoms with Gasteiger partial charge >= 0.3 is 0 Å². The molecule has 3 heteroatoms. The normalized spacial score (nSPS) is 10.5. The molecule has 50 valence electrons. The molecule has 0 atom stereocenters. The van der Waals surface area contributed by atoms with Gasteiger partial charge in [0.2, 0.25) is 0 Å². The van der Waals surface area contributed by atoms with Crippen molar-refractivity contribution in [3.05, 3.63) is 0 Å². The van der Waals surface area contributed by atoms with Gasteiger partial charge in [0.25, 0.3) is 0 Å². The molecule has 0 fully saturated rings. The van der Waals surface area contributed by atoms with Crippen molar-refractivity contribution in [2.75, 3.05) is 26.5 Å². The summed E-state index contributed by atoms with van der Waals surface area (Å²) in [6.45, 7) is 0.969. The van der Waals surface area contributed by atoms with Crippen LogP contribution in [-0.4, -0.2) is 31.5 Å². The molecule has 0 bridgehead atoms. The molecule has 0 unspecified atom stereocenters. The van der Waals surface area contributed by atoms with E-state index in [0.29, 0.717) is 0 Å². The van der Waals surface area contributed by atoms with E-state index in [2.05, 4.69) is 5.43 Å². The van der Waals surface area contributed by atoms with Crippen LogP contribution in [-0.2, 0) is 0 Å². The monoisotopic (exact) mass is 136 g/mol. The number of hydrogen-bond donors (Lipinski definition) is 1. The van der Waals surface area contributed by atoms with Crippen molar-refractivity contribution in [1.29, 1.82) is 0 Å². The fourth-order valence-electron chi connectivity index (χ4n) is 0.369. The molecule has 0 aliphatic carbocycles. The summed E-state index contributed by atoms with van der Waals surface area (Å²) in [7, 11) is 3.93. The number of halogens is 1. The molecule has 0 aromatic rings. The summed E-state index contributed by atoms with van der Waals surface area (Å²) in [6, 6.07) is 0. The van der Waals surface area contributed by atoms with Crippen LogP contribution in [0.5, 0.6) is 0 Å². The lowest BCUT2D eigenvalue weighted by molar-refractivity contribution is 0.291. The minimum Gasteiger partial charge on any atom is -0.256 e. The van der Waals surface area contributed by atoms with Crippen molar-refractivity contribution in [3.63, 3.8) is 0 Å². The van der Waals surface area contributed by atoms with Crippen LogP contribution in [0.15, 0.2) is 0 Å². The van der Waals surface area contributed by atoms with Gasteiger partial charge < -0.3 is 0 Å². The first-order valence-corrected chi connectivity index (χ1v) is 3.27. The summed E-state index contributed by atoms with van der Waals surface area (Å²) in [4.78, 5) is 0. The lowest BCUT2D eigenvalue weighted by atomic mass is 10.5. The van der Waals surface area contributed by atoms with Gasteiger partial charge in [0.15, 0.2) is 0 Å². The molecule has 2 nitrogen and oxygen atoms in total. The van der Waals surface area contributed by atoms with E-state index in [1.807, 2.05) is 19.1 Å². The molecule has 0 heterocycles. The van der Waals surface area contributed by atoms with E-state index < -0.39 is 0 Å². The second-order valence-electron chi connectivity index (χ2n) is 1.85. The van der Waals surface area contributed by atoms with E-state index in [-0.39, 0.29) is 0 Å². The van der Waals surface area contributed by atoms with Crippen molar-refractivity contribution in [1.82, 2.24) is 10.4 Å². The van der Waals surface area contributed by atoms with Gasteiger partial charge in [-0.15, -0.1) is 11.6 Å². The average molecular weight is 137 g/mol. The minimum absolute atomic E-state index is 0.737. The smallest absolute Gasteiger partial charge is 0.0236 e. The predicted octanol–water partition coefficient (Wildman–Crippen LogP) is 0.681. The van der Waals surface area contributed by atoms with Crippen LogP contribution in [0.1, 0.15) is 6.42 Å². The molecular formula is C5H13ClN2. The van der Waals surface area contributed by atoms with Crippen molar-refractivity contribution in [2.24, 2.45) is 0 Å². The van der Waals surface area contributed by atoms with E-state index in [9.17, 15) is 0 Å². The number of alkyl halides is 1. The number of hydrogen-bond acceptors (Lipinski definition) is 2. The van der Waals surface area contributed by atoms with Crippen LogP contribution in [0.4, 0.5) is 0 Å². The Balaban J connectivity index is 2.72. The Bertz CT molecular complexity index is 47.7. The second-order valence-corrected chi connectivity index (χ2v) is 2.22. The van der Waals surface area contributed by atoms with E-state index in [0.717, 1.165) is 18.8 Å². The zero-order valence-corrected chi connectivity index (χ0v) is 6.20. The van der Waals surface area contributed by atoms with Crippen molar-refractivity contribution in [3.8, 4) is 0 Å². The summed E-state index contributed by atoms with van der Waals surface area (Å²) in [5, 5.41) is 1.92. The van der Waals surface area contributed by atoms with Gasteiger partial charge in [0, 0.05) is 26.5 Å². The summed E-state index contributed by atoms with van der Waals surface area (Å²) in [5.74, 6) is 0.737. The molecular weight excluding hydrogens is 124 g/mol. The molecule has 0 aliphatic heterocycles. The molecule has 0 rings (SSSR count). The molecule has 0 aliphatic rings. The molecule has 0 amide bonds. The highest BCUT2D eigenvalue weighted by Crippen LogP contribution is 1.80. The quantitative estimate of drug-likeness (QED) is 0.348. The first-order valence-electron chi connectivity index (χ1n) is 2.74. The third kappa shape index (κ3) is 6.21. The third-order valence-electron chi connectivity index (χ3n) is 0.738. The minimum atomic E-state index is 0.737. The van der Waals surface area contributed by atoms with Gasteiger partial charge in [-0.2, -0.15) is 0 Å². The zero-order valence-electron chi connectivity index (χ0n) is 5.45. The largest absolute Gasteiger partial charge is 0.256 e. The summed E-state index contributed by atoms with van der Waals surface area (Å²) >= 11 is 5.43. The molecule has 0 saturated heterocycles. The van der Waals surface area contributed by atoms with Crippen LogP contribution in [0.25, 0.3) is 0 Å². The maximum atomic E-state index is 5.43. The Morgan fingerprint density at radius 1 is 1.50 bits per heavy atom. The van der Waals surface area contributed by atoms with Gasteiger partial charge in [0.05, 0.1) is 0 Å². The number of nitrogens with one attached hydrogen (secondary N) is 1. The summed E-state index contributed by atoms with van der Waals surface area (Å²) in [5.41, 5.74) is 3.10. The fourth-order valence-corrected chi connectivity index (χ4v) is 0.503. The lowest BCUT2D eigenvalue weighted by Gasteiger charge is -2.09. The first-order chi connectivity index (χ1) is 3.77. The zero-order chi connectivity index (χ0) is 6.41. The molecule has 0 spiro atoms. The Labute approximate surface area is 55.8 Å². The van der Waals surface area contributed by atoms with E-state index >= 15 is 0 Å². The molecule has 0 aromatic carbocycles. The van der Waals surface area contributed by atoms with E-state index in [4.69, 9.17) is 11.6 Å². The van der Waals surface area contributed by atoms with Crippen molar-refractivity contribution in [2.45, 2.75) is 6.42 Å². The van der Waals surface area contributed by atoms with Crippen molar-refractivity contribution < 1.29 is 0 Å². The number of hydrazine groups is 1. The van der Waals surface area contributed by atoms with Gasteiger partial charge in [-0.05, 0) is 6.42 Å². The topological polar surface area (TPSA) is 15.3 Å². The molecule has 0 saturated carbocycles. The molecule has 1 N–H and O–H groups in total. The van der Waals surface area contributed by atoms with Crippen LogP contribution in [0, 0.1) is 0 Å². The lowest BCUT2D eigenvalue weighted by Crippen LogP contribution is -2.31. The van der Waals surface area contributed by atoms with Gasteiger partial charge in [0.1, 0.15) is 0 Å². The van der Waals surface area contributed by atoms with E-state index in [1.165, 1.54) is 0 Å². The standard InChI is InChI=1S/C5H13ClN2/c1-8(2)7-5-3-4-6/h7H,3-5H2,1-2H3. The van der Waals surface area contributed by atoms with Gasteiger partial charge in [-0.3, -0.25) is 10.4 Å². The van der Waals surface area contributed by atoms with Crippen LogP contribution in [0.3, 0.4) is 0 Å². The van der Waals surface area contributed by atoms with E-state index in [1.54, 1.807) is 0 Å². The Morgan fingerprint density at radius 3 is 2.50 bits per heavy atom. The van der Waals surface area contributed by atoms with Crippen LogP contribution >= 0.6 is 11.6 Å². The average Bonchev–Trinajstić information content (AvgIpc) is 1.66. The van der Waals surface area contributed by atoms with Crippen LogP contribution in [0.2, 0.25) is 0 Å². The molecule has 0 aromatic heterocycles. The Kier molecular flexibility index (Phi) is 5.49.